The largest absolute Gasteiger partial charge is 0.394 e. The van der Waals surface area contributed by atoms with Crippen LogP contribution in [-0.4, -0.2) is 52.6 Å². The molecule has 0 saturated carbocycles. The molecule has 0 unspecified atom stereocenters. The van der Waals surface area contributed by atoms with Gasteiger partial charge in [-0.25, -0.2) is 9.97 Å². The molecule has 1 fully saturated rings. The van der Waals surface area contributed by atoms with E-state index >= 15 is 0 Å². The van der Waals surface area contributed by atoms with Gasteiger partial charge in [-0.05, 0) is 18.7 Å². The summed E-state index contributed by atoms with van der Waals surface area (Å²) < 4.78 is 0. The standard InChI is InChI=1S/C19H22N6S/c1-2-24-9-11-25(12-10-24)18-16(20)19(23-13-22-18)26-15-7-3-5-14-6-4-8-21-17(14)15/h3-8,13H,2,9-12,20H2,1H3. The Morgan fingerprint density at radius 1 is 1.04 bits per heavy atom. The Morgan fingerprint density at radius 2 is 1.85 bits per heavy atom. The second-order valence-electron chi connectivity index (χ2n) is 6.27. The summed E-state index contributed by atoms with van der Waals surface area (Å²) in [6.45, 7) is 7.24. The number of nitrogen functional groups attached to an aromatic ring is 1. The van der Waals surface area contributed by atoms with E-state index in [1.165, 1.54) is 0 Å². The van der Waals surface area contributed by atoms with E-state index in [-0.39, 0.29) is 0 Å². The number of para-hydroxylation sites is 1. The molecule has 1 aliphatic heterocycles. The Kier molecular flexibility index (Phi) is 4.90. The number of benzene rings is 1. The predicted molar refractivity (Wildman–Crippen MR) is 107 cm³/mol. The molecule has 2 N–H and O–H groups in total. The second-order valence-corrected chi connectivity index (χ2v) is 7.30. The number of aromatic nitrogens is 3. The average Bonchev–Trinajstić information content (AvgIpc) is 2.70. The number of likely N-dealkylation sites (N-methyl/N-ethyl adjacent to an activating group) is 1. The lowest BCUT2D eigenvalue weighted by Crippen LogP contribution is -2.46. The molecule has 26 heavy (non-hydrogen) atoms. The van der Waals surface area contributed by atoms with Crippen molar-refractivity contribution in [3.63, 3.8) is 0 Å². The van der Waals surface area contributed by atoms with Gasteiger partial charge >= 0.3 is 0 Å². The van der Waals surface area contributed by atoms with Crippen LogP contribution >= 0.6 is 11.8 Å². The van der Waals surface area contributed by atoms with Crippen molar-refractivity contribution in [2.24, 2.45) is 0 Å². The van der Waals surface area contributed by atoms with Crippen molar-refractivity contribution < 1.29 is 0 Å². The Bertz CT molecular complexity index is 902. The van der Waals surface area contributed by atoms with E-state index in [1.807, 2.05) is 18.3 Å². The highest BCUT2D eigenvalue weighted by molar-refractivity contribution is 7.99. The van der Waals surface area contributed by atoms with Gasteiger partial charge in [-0.1, -0.05) is 36.9 Å². The Hall–Kier alpha value is -2.38. The molecule has 0 amide bonds. The SMILES string of the molecule is CCN1CCN(c2ncnc(Sc3cccc4cccnc34)c2N)CC1. The van der Waals surface area contributed by atoms with Crippen molar-refractivity contribution in [3.8, 4) is 0 Å². The summed E-state index contributed by atoms with van der Waals surface area (Å²) in [6.07, 6.45) is 3.42. The summed E-state index contributed by atoms with van der Waals surface area (Å²) in [6, 6.07) is 10.2. The smallest absolute Gasteiger partial charge is 0.156 e. The highest BCUT2D eigenvalue weighted by Gasteiger charge is 2.21. The van der Waals surface area contributed by atoms with Crippen molar-refractivity contribution >= 4 is 34.2 Å². The Labute approximate surface area is 157 Å². The van der Waals surface area contributed by atoms with Crippen LogP contribution in [0.5, 0.6) is 0 Å². The number of rotatable bonds is 4. The first-order chi connectivity index (χ1) is 12.8. The molecular formula is C19H22N6S. The van der Waals surface area contributed by atoms with E-state index in [9.17, 15) is 0 Å². The predicted octanol–water partition coefficient (Wildman–Crippen LogP) is 2.90. The summed E-state index contributed by atoms with van der Waals surface area (Å²) in [5.74, 6) is 0.839. The molecule has 3 aromatic rings. The van der Waals surface area contributed by atoms with Gasteiger partial charge in [0.2, 0.25) is 0 Å². The van der Waals surface area contributed by atoms with Gasteiger partial charge in [-0.2, -0.15) is 0 Å². The number of piperazine rings is 1. The molecule has 1 aromatic carbocycles. The minimum absolute atomic E-state index is 0.649. The molecule has 134 valence electrons. The molecule has 4 rings (SSSR count). The Balaban J connectivity index is 1.62. The molecule has 3 heterocycles. The monoisotopic (exact) mass is 366 g/mol. The van der Waals surface area contributed by atoms with E-state index in [4.69, 9.17) is 5.73 Å². The van der Waals surface area contributed by atoms with Gasteiger partial charge in [0.25, 0.3) is 0 Å². The van der Waals surface area contributed by atoms with E-state index < -0.39 is 0 Å². The first-order valence-electron chi connectivity index (χ1n) is 8.85. The summed E-state index contributed by atoms with van der Waals surface area (Å²) in [5.41, 5.74) is 8.07. The van der Waals surface area contributed by atoms with E-state index in [0.717, 1.165) is 59.4 Å². The third-order valence-corrected chi connectivity index (χ3v) is 5.82. The zero-order valence-electron chi connectivity index (χ0n) is 14.8. The number of fused-ring (bicyclic) bond motifs is 1. The van der Waals surface area contributed by atoms with Crippen LogP contribution < -0.4 is 10.6 Å². The van der Waals surface area contributed by atoms with Gasteiger partial charge in [0.05, 0.1) is 5.52 Å². The number of anilines is 2. The van der Waals surface area contributed by atoms with Crippen molar-refractivity contribution in [1.29, 1.82) is 0 Å². The topological polar surface area (TPSA) is 71.2 Å². The number of nitrogens with zero attached hydrogens (tertiary/aromatic N) is 5. The zero-order valence-corrected chi connectivity index (χ0v) is 15.6. The molecule has 0 radical (unpaired) electrons. The molecule has 2 aromatic heterocycles. The molecular weight excluding hydrogens is 344 g/mol. The maximum atomic E-state index is 6.45. The molecule has 6 nitrogen and oxygen atoms in total. The van der Waals surface area contributed by atoms with Gasteiger partial charge in [0.15, 0.2) is 5.82 Å². The molecule has 1 saturated heterocycles. The molecule has 1 aliphatic rings. The maximum Gasteiger partial charge on any atom is 0.156 e. The van der Waals surface area contributed by atoms with Crippen LogP contribution in [0.1, 0.15) is 6.92 Å². The molecule has 0 bridgehead atoms. The highest BCUT2D eigenvalue weighted by atomic mass is 32.2. The first-order valence-corrected chi connectivity index (χ1v) is 9.67. The molecule has 0 atom stereocenters. The van der Waals surface area contributed by atoms with Crippen LogP contribution in [0.15, 0.2) is 52.8 Å². The molecule has 0 aliphatic carbocycles. The lowest BCUT2D eigenvalue weighted by atomic mass is 10.2. The quantitative estimate of drug-likeness (QED) is 0.712. The van der Waals surface area contributed by atoms with Gasteiger partial charge in [-0.3, -0.25) is 4.98 Å². The third-order valence-electron chi connectivity index (χ3n) is 4.75. The fourth-order valence-electron chi connectivity index (χ4n) is 3.24. The molecule has 7 heteroatoms. The number of hydrogen-bond donors (Lipinski definition) is 1. The summed E-state index contributed by atoms with van der Waals surface area (Å²) in [4.78, 5) is 19.2. The van der Waals surface area contributed by atoms with Crippen molar-refractivity contribution in [2.45, 2.75) is 16.8 Å². The van der Waals surface area contributed by atoms with E-state index in [2.05, 4.69) is 49.9 Å². The maximum absolute atomic E-state index is 6.45. The number of pyridine rings is 1. The highest BCUT2D eigenvalue weighted by Crippen LogP contribution is 2.37. The number of hydrogen-bond acceptors (Lipinski definition) is 7. The third kappa shape index (κ3) is 3.32. The first kappa shape index (κ1) is 17.1. The number of nitrogens with two attached hydrogens (primary N) is 1. The second kappa shape index (κ2) is 7.47. The minimum Gasteiger partial charge on any atom is -0.394 e. The van der Waals surface area contributed by atoms with Crippen molar-refractivity contribution in [1.82, 2.24) is 19.9 Å². The Morgan fingerprint density at radius 3 is 2.65 bits per heavy atom. The van der Waals surface area contributed by atoms with E-state index in [1.54, 1.807) is 18.1 Å². The average molecular weight is 366 g/mol. The molecule has 0 spiro atoms. The summed E-state index contributed by atoms with van der Waals surface area (Å²) in [7, 11) is 0. The van der Waals surface area contributed by atoms with Crippen LogP contribution in [0.25, 0.3) is 10.9 Å². The fourth-order valence-corrected chi connectivity index (χ4v) is 4.17. The van der Waals surface area contributed by atoms with Crippen molar-refractivity contribution in [2.75, 3.05) is 43.4 Å². The van der Waals surface area contributed by atoms with E-state index in [0.29, 0.717) is 5.69 Å². The summed E-state index contributed by atoms with van der Waals surface area (Å²) >= 11 is 1.55. The summed E-state index contributed by atoms with van der Waals surface area (Å²) in [5, 5.41) is 1.90. The van der Waals surface area contributed by atoms with Crippen LogP contribution in [-0.2, 0) is 0 Å². The lowest BCUT2D eigenvalue weighted by Gasteiger charge is -2.35. The van der Waals surface area contributed by atoms with Crippen LogP contribution in [0.2, 0.25) is 0 Å². The van der Waals surface area contributed by atoms with Crippen LogP contribution in [0.4, 0.5) is 11.5 Å². The van der Waals surface area contributed by atoms with Gasteiger partial charge in [0.1, 0.15) is 17.0 Å². The zero-order chi connectivity index (χ0) is 17.9. The van der Waals surface area contributed by atoms with Crippen LogP contribution in [0.3, 0.4) is 0 Å². The van der Waals surface area contributed by atoms with Gasteiger partial charge < -0.3 is 15.5 Å². The van der Waals surface area contributed by atoms with Gasteiger partial charge in [0, 0.05) is 42.7 Å². The van der Waals surface area contributed by atoms with Crippen molar-refractivity contribution in [3.05, 3.63) is 42.9 Å². The fraction of sp³-hybridized carbons (Fsp3) is 0.316. The van der Waals surface area contributed by atoms with Gasteiger partial charge in [-0.15, -0.1) is 0 Å². The normalized spacial score (nSPS) is 15.5. The van der Waals surface area contributed by atoms with Crippen LogP contribution in [0, 0.1) is 0 Å². The lowest BCUT2D eigenvalue weighted by molar-refractivity contribution is 0.270. The minimum atomic E-state index is 0.649.